The van der Waals surface area contributed by atoms with E-state index in [1.807, 2.05) is 59.2 Å². The summed E-state index contributed by atoms with van der Waals surface area (Å²) in [6, 6.07) is 17.2. The summed E-state index contributed by atoms with van der Waals surface area (Å²) in [7, 11) is 1.64. The van der Waals surface area contributed by atoms with Gasteiger partial charge in [0.1, 0.15) is 11.5 Å². The number of methoxy groups -OCH3 is 1. The Morgan fingerprint density at radius 1 is 0.962 bits per heavy atom. The largest absolute Gasteiger partial charge is 0.497 e. The Balaban J connectivity index is 1.68. The summed E-state index contributed by atoms with van der Waals surface area (Å²) < 4.78 is 12.9. The van der Waals surface area contributed by atoms with Gasteiger partial charge in [-0.2, -0.15) is 9.97 Å². The summed E-state index contributed by atoms with van der Waals surface area (Å²) >= 11 is 6.10. The highest BCUT2D eigenvalue weighted by Crippen LogP contribution is 2.28. The average Bonchev–Trinajstić information content (AvgIpc) is 3.06. The molecule has 0 saturated carbocycles. The summed E-state index contributed by atoms with van der Waals surface area (Å²) in [5.74, 6) is 1.81. The molecule has 0 atom stereocenters. The predicted molar refractivity (Wildman–Crippen MR) is 98.9 cm³/mol. The zero-order valence-corrected chi connectivity index (χ0v) is 14.7. The lowest BCUT2D eigenvalue weighted by Gasteiger charge is -2.07. The van der Waals surface area contributed by atoms with E-state index >= 15 is 0 Å². The number of fused-ring (bicyclic) bond motifs is 1. The summed E-state index contributed by atoms with van der Waals surface area (Å²) in [5.41, 5.74) is 2.27. The van der Waals surface area contributed by atoms with Crippen molar-refractivity contribution < 1.29 is 9.47 Å². The van der Waals surface area contributed by atoms with Gasteiger partial charge >= 0.3 is 0 Å². The molecule has 0 fully saturated rings. The van der Waals surface area contributed by atoms with E-state index in [-0.39, 0.29) is 5.28 Å². The van der Waals surface area contributed by atoms with E-state index in [1.54, 1.807) is 13.4 Å². The number of hydrogen-bond acceptors (Lipinski definition) is 5. The molecule has 0 bridgehead atoms. The van der Waals surface area contributed by atoms with Gasteiger partial charge in [0.25, 0.3) is 5.88 Å². The number of rotatable bonds is 5. The SMILES string of the molecule is COc1ccc(Cn2cnc3c(Oc4ccccc4)nc(Cl)nc32)cc1. The fourth-order valence-electron chi connectivity index (χ4n) is 2.61. The van der Waals surface area contributed by atoms with Gasteiger partial charge in [-0.1, -0.05) is 30.3 Å². The summed E-state index contributed by atoms with van der Waals surface area (Å²) in [6.07, 6.45) is 1.71. The highest BCUT2D eigenvalue weighted by Gasteiger charge is 2.15. The topological polar surface area (TPSA) is 62.1 Å². The van der Waals surface area contributed by atoms with Crippen molar-refractivity contribution in [2.75, 3.05) is 7.11 Å². The molecule has 0 N–H and O–H groups in total. The van der Waals surface area contributed by atoms with Crippen LogP contribution in [-0.2, 0) is 6.54 Å². The van der Waals surface area contributed by atoms with Crippen LogP contribution in [0.25, 0.3) is 11.2 Å². The summed E-state index contributed by atoms with van der Waals surface area (Å²) in [6.45, 7) is 0.596. The van der Waals surface area contributed by atoms with Gasteiger partial charge in [-0.15, -0.1) is 0 Å². The lowest BCUT2D eigenvalue weighted by molar-refractivity contribution is 0.414. The summed E-state index contributed by atoms with van der Waals surface area (Å²) in [5, 5.41) is 0.111. The van der Waals surface area contributed by atoms with Crippen molar-refractivity contribution in [2.24, 2.45) is 0 Å². The number of nitrogens with zero attached hydrogens (tertiary/aromatic N) is 4. The number of para-hydroxylation sites is 1. The molecule has 0 amide bonds. The molecular formula is C19H15ClN4O2. The van der Waals surface area contributed by atoms with Crippen molar-refractivity contribution >= 4 is 22.8 Å². The minimum atomic E-state index is 0.111. The second-order valence-corrected chi connectivity index (χ2v) is 5.94. The Morgan fingerprint density at radius 3 is 2.46 bits per heavy atom. The van der Waals surface area contributed by atoms with Crippen LogP contribution in [0.4, 0.5) is 0 Å². The molecule has 4 rings (SSSR count). The van der Waals surface area contributed by atoms with Crippen molar-refractivity contribution in [3.05, 3.63) is 71.8 Å². The number of halogens is 1. The standard InChI is InChI=1S/C19H15ClN4O2/c1-25-14-9-7-13(8-10-14)11-24-12-21-16-17(24)22-19(20)23-18(16)26-15-5-3-2-4-6-15/h2-10,12H,11H2,1H3. The summed E-state index contributed by atoms with van der Waals surface area (Å²) in [4.78, 5) is 12.9. The van der Waals surface area contributed by atoms with Crippen LogP contribution in [0.5, 0.6) is 17.4 Å². The molecule has 0 aliphatic rings. The third-order valence-electron chi connectivity index (χ3n) is 3.87. The third kappa shape index (κ3) is 3.32. The van der Waals surface area contributed by atoms with Gasteiger partial charge in [-0.3, -0.25) is 0 Å². The van der Waals surface area contributed by atoms with Crippen LogP contribution >= 0.6 is 11.6 Å². The molecule has 0 spiro atoms. The number of imidazole rings is 1. The second-order valence-electron chi connectivity index (χ2n) is 5.61. The second kappa shape index (κ2) is 7.01. The number of hydrogen-bond donors (Lipinski definition) is 0. The monoisotopic (exact) mass is 366 g/mol. The molecule has 4 aromatic rings. The van der Waals surface area contributed by atoms with Gasteiger partial charge in [0.2, 0.25) is 5.28 Å². The highest BCUT2D eigenvalue weighted by atomic mass is 35.5. The molecule has 7 heteroatoms. The van der Waals surface area contributed by atoms with Crippen LogP contribution in [0.2, 0.25) is 5.28 Å². The van der Waals surface area contributed by atoms with Crippen molar-refractivity contribution in [3.8, 4) is 17.4 Å². The van der Waals surface area contributed by atoms with Crippen molar-refractivity contribution in [2.45, 2.75) is 6.54 Å². The molecule has 2 aromatic carbocycles. The molecule has 130 valence electrons. The lowest BCUT2D eigenvalue weighted by atomic mass is 10.2. The highest BCUT2D eigenvalue weighted by molar-refractivity contribution is 6.28. The van der Waals surface area contributed by atoms with Gasteiger partial charge in [-0.05, 0) is 41.4 Å². The smallest absolute Gasteiger partial charge is 0.252 e. The molecular weight excluding hydrogens is 352 g/mol. The van der Waals surface area contributed by atoms with E-state index in [9.17, 15) is 0 Å². The molecule has 0 saturated heterocycles. The Morgan fingerprint density at radius 2 is 1.73 bits per heavy atom. The zero-order chi connectivity index (χ0) is 17.9. The van der Waals surface area contributed by atoms with Gasteiger partial charge < -0.3 is 14.0 Å². The third-order valence-corrected chi connectivity index (χ3v) is 4.04. The van der Waals surface area contributed by atoms with Crippen LogP contribution in [0.1, 0.15) is 5.56 Å². The molecule has 0 radical (unpaired) electrons. The van der Waals surface area contributed by atoms with E-state index in [1.165, 1.54) is 0 Å². The van der Waals surface area contributed by atoms with Gasteiger partial charge in [0.15, 0.2) is 11.2 Å². The van der Waals surface area contributed by atoms with Gasteiger partial charge in [0, 0.05) is 0 Å². The molecule has 2 heterocycles. The maximum atomic E-state index is 6.10. The van der Waals surface area contributed by atoms with Crippen molar-refractivity contribution in [3.63, 3.8) is 0 Å². The Kier molecular flexibility index (Phi) is 4.41. The molecule has 6 nitrogen and oxygen atoms in total. The molecule has 26 heavy (non-hydrogen) atoms. The fourth-order valence-corrected chi connectivity index (χ4v) is 2.76. The zero-order valence-electron chi connectivity index (χ0n) is 14.0. The van der Waals surface area contributed by atoms with Crippen LogP contribution in [0.3, 0.4) is 0 Å². The average molecular weight is 367 g/mol. The van der Waals surface area contributed by atoms with Crippen LogP contribution in [0, 0.1) is 0 Å². The molecule has 0 unspecified atom stereocenters. The van der Waals surface area contributed by atoms with Crippen LogP contribution in [0.15, 0.2) is 60.9 Å². The maximum Gasteiger partial charge on any atom is 0.252 e. The first-order chi connectivity index (χ1) is 12.7. The molecule has 0 aliphatic heterocycles. The van der Waals surface area contributed by atoms with Gasteiger partial charge in [0.05, 0.1) is 20.0 Å². The van der Waals surface area contributed by atoms with Crippen LogP contribution in [-0.4, -0.2) is 26.6 Å². The van der Waals surface area contributed by atoms with E-state index in [0.29, 0.717) is 29.3 Å². The van der Waals surface area contributed by atoms with E-state index < -0.39 is 0 Å². The Labute approximate surface area is 155 Å². The molecule has 0 aliphatic carbocycles. The number of aromatic nitrogens is 4. The number of ether oxygens (including phenoxy) is 2. The van der Waals surface area contributed by atoms with E-state index in [2.05, 4.69) is 15.0 Å². The van der Waals surface area contributed by atoms with Crippen molar-refractivity contribution in [1.29, 1.82) is 0 Å². The lowest BCUT2D eigenvalue weighted by Crippen LogP contribution is -2.01. The first-order valence-corrected chi connectivity index (χ1v) is 8.35. The predicted octanol–water partition coefficient (Wildman–Crippen LogP) is 4.33. The first kappa shape index (κ1) is 16.4. The number of benzene rings is 2. The Bertz CT molecular complexity index is 1030. The van der Waals surface area contributed by atoms with Gasteiger partial charge in [-0.25, -0.2) is 4.98 Å². The van der Waals surface area contributed by atoms with Crippen LogP contribution < -0.4 is 9.47 Å². The minimum Gasteiger partial charge on any atom is -0.497 e. The quantitative estimate of drug-likeness (QED) is 0.492. The Hall–Kier alpha value is -3.12. The normalized spacial score (nSPS) is 10.8. The van der Waals surface area contributed by atoms with E-state index in [0.717, 1.165) is 11.3 Å². The van der Waals surface area contributed by atoms with E-state index in [4.69, 9.17) is 21.1 Å². The minimum absolute atomic E-state index is 0.111. The van der Waals surface area contributed by atoms with Crippen molar-refractivity contribution in [1.82, 2.24) is 19.5 Å². The fraction of sp³-hybridized carbons (Fsp3) is 0.105. The molecule has 2 aromatic heterocycles. The first-order valence-electron chi connectivity index (χ1n) is 7.97. The maximum absolute atomic E-state index is 6.10.